The first-order chi connectivity index (χ1) is 19.1. The van der Waals surface area contributed by atoms with Crippen molar-refractivity contribution in [3.63, 3.8) is 0 Å². The van der Waals surface area contributed by atoms with Gasteiger partial charge in [0, 0.05) is 50.1 Å². The summed E-state index contributed by atoms with van der Waals surface area (Å²) in [6.45, 7) is 15.0. The SMILES string of the molecule is CC[C@@H]1CN(Cc2cc([C@H](c3ccc4c(nnn4CC)c3C)C(C)(C)C(=O)O)ccc2C)Cc2cnccc2O1. The van der Waals surface area contributed by atoms with Gasteiger partial charge < -0.3 is 9.84 Å². The Morgan fingerprint density at radius 2 is 1.98 bits per heavy atom. The number of aromatic nitrogens is 4. The lowest BCUT2D eigenvalue weighted by Gasteiger charge is -2.33. The molecule has 0 unspecified atom stereocenters. The number of benzene rings is 2. The molecule has 0 aliphatic carbocycles. The number of nitrogens with zero attached hydrogens (tertiary/aromatic N) is 5. The Morgan fingerprint density at radius 3 is 2.70 bits per heavy atom. The monoisotopic (exact) mass is 541 g/mol. The van der Waals surface area contributed by atoms with Gasteiger partial charge in [0.15, 0.2) is 0 Å². The largest absolute Gasteiger partial charge is 0.489 e. The van der Waals surface area contributed by atoms with Crippen molar-refractivity contribution < 1.29 is 14.6 Å². The average Bonchev–Trinajstić information content (AvgIpc) is 3.27. The predicted molar refractivity (Wildman–Crippen MR) is 155 cm³/mol. The van der Waals surface area contributed by atoms with Gasteiger partial charge in [0.2, 0.25) is 0 Å². The molecule has 0 spiro atoms. The highest BCUT2D eigenvalue weighted by atomic mass is 16.5. The van der Waals surface area contributed by atoms with Crippen molar-refractivity contribution in [3.8, 4) is 5.75 Å². The molecule has 8 nitrogen and oxygen atoms in total. The second-order valence-corrected chi connectivity index (χ2v) is 11.5. The molecule has 0 saturated heterocycles. The molecule has 0 fully saturated rings. The molecule has 1 aliphatic rings. The van der Waals surface area contributed by atoms with E-state index in [-0.39, 0.29) is 12.0 Å². The molecule has 4 aromatic rings. The van der Waals surface area contributed by atoms with Gasteiger partial charge in [0.1, 0.15) is 17.4 Å². The fourth-order valence-corrected chi connectivity index (χ4v) is 5.91. The van der Waals surface area contributed by atoms with Crippen molar-refractivity contribution in [2.45, 2.75) is 79.6 Å². The molecule has 0 saturated carbocycles. The lowest BCUT2D eigenvalue weighted by atomic mass is 9.69. The molecule has 0 radical (unpaired) electrons. The number of rotatable bonds is 8. The minimum atomic E-state index is -1.06. The van der Waals surface area contributed by atoms with Crippen LogP contribution in [0, 0.1) is 19.3 Å². The van der Waals surface area contributed by atoms with Crippen molar-refractivity contribution in [2.75, 3.05) is 6.54 Å². The normalized spacial score (nSPS) is 16.8. The first-order valence-corrected chi connectivity index (χ1v) is 14.1. The van der Waals surface area contributed by atoms with Gasteiger partial charge >= 0.3 is 5.97 Å². The van der Waals surface area contributed by atoms with Crippen LogP contribution in [-0.4, -0.2) is 48.6 Å². The highest BCUT2D eigenvalue weighted by Gasteiger charge is 2.40. The molecular formula is C32H39N5O3. The number of aryl methyl sites for hydroxylation is 3. The number of fused-ring (bicyclic) bond motifs is 2. The Labute approximate surface area is 236 Å². The van der Waals surface area contributed by atoms with Crippen molar-refractivity contribution in [1.82, 2.24) is 24.9 Å². The first kappa shape index (κ1) is 27.8. The number of pyridine rings is 1. The van der Waals surface area contributed by atoms with Crippen molar-refractivity contribution in [3.05, 3.63) is 82.2 Å². The molecule has 8 heteroatoms. The lowest BCUT2D eigenvalue weighted by molar-refractivity contribution is -0.147. The smallest absolute Gasteiger partial charge is 0.310 e. The quantitative estimate of drug-likeness (QED) is 0.298. The molecule has 3 heterocycles. The van der Waals surface area contributed by atoms with Gasteiger partial charge in [-0.1, -0.05) is 36.4 Å². The van der Waals surface area contributed by atoms with E-state index >= 15 is 0 Å². The summed E-state index contributed by atoms with van der Waals surface area (Å²) in [6, 6.07) is 12.4. The third-order valence-electron chi connectivity index (χ3n) is 8.43. The number of carboxylic acid groups (broad SMARTS) is 1. The number of hydrogen-bond acceptors (Lipinski definition) is 6. The minimum Gasteiger partial charge on any atom is -0.489 e. The molecule has 2 atom stereocenters. The van der Waals surface area contributed by atoms with Crippen LogP contribution in [0.4, 0.5) is 0 Å². The van der Waals surface area contributed by atoms with E-state index < -0.39 is 11.4 Å². The Morgan fingerprint density at radius 1 is 1.18 bits per heavy atom. The fraction of sp³-hybridized carbons (Fsp3) is 0.438. The number of aliphatic carboxylic acids is 1. The molecule has 1 N–H and O–H groups in total. The maximum absolute atomic E-state index is 12.7. The zero-order valence-electron chi connectivity index (χ0n) is 24.3. The summed E-state index contributed by atoms with van der Waals surface area (Å²) in [5.41, 5.74) is 7.09. The topological polar surface area (TPSA) is 93.4 Å². The molecule has 2 aromatic heterocycles. The van der Waals surface area contributed by atoms with Crippen LogP contribution in [0.25, 0.3) is 11.0 Å². The van der Waals surface area contributed by atoms with Gasteiger partial charge in [0.25, 0.3) is 0 Å². The molecular weight excluding hydrogens is 502 g/mol. The highest BCUT2D eigenvalue weighted by molar-refractivity contribution is 5.82. The third-order valence-corrected chi connectivity index (χ3v) is 8.43. The fourth-order valence-electron chi connectivity index (χ4n) is 5.91. The van der Waals surface area contributed by atoms with Gasteiger partial charge in [0.05, 0.1) is 10.9 Å². The Kier molecular flexibility index (Phi) is 7.64. The van der Waals surface area contributed by atoms with Gasteiger partial charge in [-0.25, -0.2) is 4.68 Å². The summed E-state index contributed by atoms with van der Waals surface area (Å²) in [7, 11) is 0. The van der Waals surface area contributed by atoms with E-state index in [1.807, 2.05) is 50.7 Å². The average molecular weight is 542 g/mol. The molecule has 0 bridgehead atoms. The Hall–Kier alpha value is -3.78. The van der Waals surface area contributed by atoms with E-state index in [0.717, 1.165) is 71.6 Å². The van der Waals surface area contributed by atoms with E-state index in [1.165, 1.54) is 11.1 Å². The third kappa shape index (κ3) is 5.08. The maximum atomic E-state index is 12.7. The number of carboxylic acids is 1. The van der Waals surface area contributed by atoms with Crippen LogP contribution in [0.2, 0.25) is 0 Å². The molecule has 5 rings (SSSR count). The summed E-state index contributed by atoms with van der Waals surface area (Å²) in [6.07, 6.45) is 4.68. The second kappa shape index (κ2) is 11.0. The van der Waals surface area contributed by atoms with E-state index in [0.29, 0.717) is 0 Å². The van der Waals surface area contributed by atoms with E-state index in [1.54, 1.807) is 6.20 Å². The zero-order chi connectivity index (χ0) is 28.6. The van der Waals surface area contributed by atoms with Crippen LogP contribution in [0.5, 0.6) is 5.75 Å². The molecule has 2 aromatic carbocycles. The summed E-state index contributed by atoms with van der Waals surface area (Å²) in [4.78, 5) is 19.4. The number of hydrogen-bond donors (Lipinski definition) is 1. The van der Waals surface area contributed by atoms with Crippen LogP contribution >= 0.6 is 0 Å². The van der Waals surface area contributed by atoms with Gasteiger partial charge in [-0.05, 0) is 81.0 Å². The second-order valence-electron chi connectivity index (χ2n) is 11.5. The van der Waals surface area contributed by atoms with Crippen molar-refractivity contribution >= 4 is 17.0 Å². The van der Waals surface area contributed by atoms with E-state index in [4.69, 9.17) is 4.74 Å². The highest BCUT2D eigenvalue weighted by Crippen LogP contribution is 2.44. The van der Waals surface area contributed by atoms with Crippen LogP contribution in [-0.2, 0) is 24.4 Å². The van der Waals surface area contributed by atoms with Crippen LogP contribution in [0.1, 0.15) is 73.4 Å². The summed E-state index contributed by atoms with van der Waals surface area (Å²) < 4.78 is 8.16. The summed E-state index contributed by atoms with van der Waals surface area (Å²) in [5.74, 6) is -0.304. The molecule has 1 aliphatic heterocycles. The first-order valence-electron chi connectivity index (χ1n) is 14.1. The summed E-state index contributed by atoms with van der Waals surface area (Å²) in [5, 5.41) is 19.1. The van der Waals surface area contributed by atoms with Crippen LogP contribution in [0.15, 0.2) is 48.8 Å². The number of ether oxygens (including phenoxy) is 1. The lowest BCUT2D eigenvalue weighted by Crippen LogP contribution is -2.33. The van der Waals surface area contributed by atoms with E-state index in [2.05, 4.69) is 58.3 Å². The van der Waals surface area contributed by atoms with Crippen LogP contribution in [0.3, 0.4) is 0 Å². The van der Waals surface area contributed by atoms with Crippen LogP contribution < -0.4 is 4.74 Å². The summed E-state index contributed by atoms with van der Waals surface area (Å²) >= 11 is 0. The van der Waals surface area contributed by atoms with Gasteiger partial charge in [-0.3, -0.25) is 14.7 Å². The van der Waals surface area contributed by atoms with Crippen molar-refractivity contribution in [1.29, 1.82) is 0 Å². The van der Waals surface area contributed by atoms with Gasteiger partial charge in [-0.15, -0.1) is 5.10 Å². The maximum Gasteiger partial charge on any atom is 0.310 e. The number of carbonyl (C=O) groups is 1. The minimum absolute atomic E-state index is 0.0942. The molecule has 40 heavy (non-hydrogen) atoms. The van der Waals surface area contributed by atoms with Crippen molar-refractivity contribution in [2.24, 2.45) is 5.41 Å². The Balaban J connectivity index is 1.56. The Bertz CT molecular complexity index is 1540. The molecule has 210 valence electrons. The predicted octanol–water partition coefficient (Wildman–Crippen LogP) is 5.88. The zero-order valence-corrected chi connectivity index (χ0v) is 24.3. The van der Waals surface area contributed by atoms with E-state index in [9.17, 15) is 9.90 Å². The standard InChI is InChI=1S/C32H39N5O3/c1-7-25-19-36(18-24-16-33-14-13-28(24)40-25)17-23-15-22(10-9-20(23)3)29(32(5,6)31(38)39)26-11-12-27-30(21(26)4)34-35-37(27)8-2/h9-16,25,29H,7-8,17-19H2,1-6H3,(H,38,39)/t25-,29-/m1/s1. The molecule has 0 amide bonds. The van der Waals surface area contributed by atoms with Gasteiger partial charge in [-0.2, -0.15) is 0 Å².